The van der Waals surface area contributed by atoms with Gasteiger partial charge in [-0.05, 0) is 29.8 Å². The normalized spacial score (nSPS) is 14.3. The number of halogens is 2. The number of rotatable bonds is 6. The minimum atomic E-state index is -0.989. The molecule has 1 aliphatic rings. The van der Waals surface area contributed by atoms with Crippen LogP contribution in [0, 0.1) is 11.6 Å². The van der Waals surface area contributed by atoms with Gasteiger partial charge >= 0.3 is 0 Å². The number of anilines is 2. The number of hydrogen-bond acceptors (Lipinski definition) is 6. The lowest BCUT2D eigenvalue weighted by Crippen LogP contribution is -2.49. The van der Waals surface area contributed by atoms with E-state index in [0.29, 0.717) is 32.6 Å². The van der Waals surface area contributed by atoms with Gasteiger partial charge in [0.15, 0.2) is 17.5 Å². The van der Waals surface area contributed by atoms with E-state index >= 15 is 0 Å². The SMILES string of the molecule is O=C(CN1CCN(c2nnc(Cc3ccncc3)c3ccccc23)CC1)Nc1ccc(F)c(F)c1. The number of pyridine rings is 1. The predicted molar refractivity (Wildman–Crippen MR) is 130 cm³/mol. The number of carbonyl (C=O) groups excluding carboxylic acids is 1. The van der Waals surface area contributed by atoms with Gasteiger partial charge in [-0.3, -0.25) is 14.7 Å². The van der Waals surface area contributed by atoms with Crippen molar-refractivity contribution in [1.82, 2.24) is 20.1 Å². The van der Waals surface area contributed by atoms with Crippen LogP contribution >= 0.6 is 0 Å². The van der Waals surface area contributed by atoms with Crippen LogP contribution in [0.25, 0.3) is 10.8 Å². The predicted octanol–water partition coefficient (Wildman–Crippen LogP) is 3.65. The zero-order valence-corrected chi connectivity index (χ0v) is 19.0. The third kappa shape index (κ3) is 5.25. The molecule has 0 radical (unpaired) electrons. The van der Waals surface area contributed by atoms with Crippen molar-refractivity contribution < 1.29 is 13.6 Å². The van der Waals surface area contributed by atoms with Gasteiger partial charge in [-0.25, -0.2) is 8.78 Å². The number of nitrogens with one attached hydrogen (secondary N) is 1. The molecule has 0 atom stereocenters. The highest BCUT2D eigenvalue weighted by molar-refractivity contribution is 5.94. The minimum absolute atomic E-state index is 0.171. The van der Waals surface area contributed by atoms with Crippen LogP contribution in [0.2, 0.25) is 0 Å². The fraction of sp³-hybridized carbons (Fsp3) is 0.231. The molecule has 5 rings (SSSR count). The first-order valence-corrected chi connectivity index (χ1v) is 11.4. The lowest BCUT2D eigenvalue weighted by molar-refractivity contribution is -0.117. The van der Waals surface area contributed by atoms with Gasteiger partial charge in [-0.1, -0.05) is 24.3 Å². The number of hydrogen-bond donors (Lipinski definition) is 1. The summed E-state index contributed by atoms with van der Waals surface area (Å²) in [5.74, 6) is -1.36. The zero-order chi connectivity index (χ0) is 24.2. The second-order valence-corrected chi connectivity index (χ2v) is 8.49. The average Bonchev–Trinajstić information content (AvgIpc) is 2.88. The van der Waals surface area contributed by atoms with Gasteiger partial charge in [-0.15, -0.1) is 5.10 Å². The van der Waals surface area contributed by atoms with Crippen molar-refractivity contribution >= 4 is 28.2 Å². The summed E-state index contributed by atoms with van der Waals surface area (Å²) >= 11 is 0. The fourth-order valence-corrected chi connectivity index (χ4v) is 4.30. The molecule has 7 nitrogen and oxygen atoms in total. The van der Waals surface area contributed by atoms with Crippen molar-refractivity contribution in [2.24, 2.45) is 0 Å². The molecular weight excluding hydrogens is 450 g/mol. The Labute approximate surface area is 201 Å². The number of fused-ring (bicyclic) bond motifs is 1. The number of carbonyl (C=O) groups is 1. The van der Waals surface area contributed by atoms with Gasteiger partial charge in [0.05, 0.1) is 12.2 Å². The fourth-order valence-electron chi connectivity index (χ4n) is 4.30. The summed E-state index contributed by atoms with van der Waals surface area (Å²) in [5.41, 5.74) is 2.28. The summed E-state index contributed by atoms with van der Waals surface area (Å²) in [5, 5.41) is 13.9. The first kappa shape index (κ1) is 22.8. The van der Waals surface area contributed by atoms with Crippen LogP contribution in [0.1, 0.15) is 11.3 Å². The summed E-state index contributed by atoms with van der Waals surface area (Å²) in [6, 6.07) is 15.4. The summed E-state index contributed by atoms with van der Waals surface area (Å²) < 4.78 is 26.5. The lowest BCUT2D eigenvalue weighted by atomic mass is 10.0. The number of piperazine rings is 1. The second-order valence-electron chi connectivity index (χ2n) is 8.49. The summed E-state index contributed by atoms with van der Waals surface area (Å²) in [4.78, 5) is 20.7. The molecule has 1 N–H and O–H groups in total. The molecule has 1 saturated heterocycles. The first-order chi connectivity index (χ1) is 17.1. The molecule has 1 fully saturated rings. The Morgan fingerprint density at radius 1 is 0.886 bits per heavy atom. The van der Waals surface area contributed by atoms with E-state index in [2.05, 4.69) is 37.5 Å². The molecule has 2 aromatic carbocycles. The molecule has 35 heavy (non-hydrogen) atoms. The van der Waals surface area contributed by atoms with Gasteiger partial charge in [0.1, 0.15) is 0 Å². The van der Waals surface area contributed by atoms with Crippen molar-refractivity contribution in [3.63, 3.8) is 0 Å². The van der Waals surface area contributed by atoms with E-state index in [4.69, 9.17) is 0 Å². The number of amides is 1. The van der Waals surface area contributed by atoms with Crippen LogP contribution in [-0.4, -0.2) is 58.7 Å². The third-order valence-corrected chi connectivity index (χ3v) is 6.11. The van der Waals surface area contributed by atoms with Gasteiger partial charge in [0.2, 0.25) is 5.91 Å². The highest BCUT2D eigenvalue weighted by Crippen LogP contribution is 2.27. The van der Waals surface area contributed by atoms with E-state index in [1.54, 1.807) is 12.4 Å². The molecule has 0 bridgehead atoms. The zero-order valence-electron chi connectivity index (χ0n) is 19.0. The van der Waals surface area contributed by atoms with Crippen LogP contribution in [0.5, 0.6) is 0 Å². The van der Waals surface area contributed by atoms with Crippen LogP contribution in [0.15, 0.2) is 67.0 Å². The van der Waals surface area contributed by atoms with Crippen LogP contribution < -0.4 is 10.2 Å². The Kier molecular flexibility index (Phi) is 6.58. The Hall–Kier alpha value is -3.98. The number of aromatic nitrogens is 3. The Morgan fingerprint density at radius 3 is 2.37 bits per heavy atom. The molecule has 178 valence electrons. The van der Waals surface area contributed by atoms with Crippen LogP contribution in [-0.2, 0) is 11.2 Å². The topological polar surface area (TPSA) is 74.2 Å². The smallest absolute Gasteiger partial charge is 0.238 e. The molecular formula is C26H24F2N6O. The minimum Gasteiger partial charge on any atom is -0.352 e. The van der Waals surface area contributed by atoms with Crippen molar-refractivity contribution in [2.75, 3.05) is 42.9 Å². The van der Waals surface area contributed by atoms with E-state index in [1.807, 2.05) is 29.2 Å². The lowest BCUT2D eigenvalue weighted by Gasteiger charge is -2.35. The van der Waals surface area contributed by atoms with E-state index in [1.165, 1.54) is 6.07 Å². The van der Waals surface area contributed by atoms with Gasteiger partial charge < -0.3 is 10.2 Å². The maximum absolute atomic E-state index is 13.4. The molecule has 1 aliphatic heterocycles. The maximum Gasteiger partial charge on any atom is 0.238 e. The van der Waals surface area contributed by atoms with Crippen molar-refractivity contribution in [3.05, 3.63) is 89.9 Å². The molecule has 0 spiro atoms. The standard InChI is InChI=1S/C26H24F2N6O/c27-22-6-5-19(16-23(22)28)30-25(35)17-33-11-13-34(14-12-33)26-21-4-2-1-3-20(21)24(31-32-26)15-18-7-9-29-10-8-18/h1-10,16H,11-15,17H2,(H,30,35). The van der Waals surface area contributed by atoms with E-state index in [-0.39, 0.29) is 18.1 Å². The van der Waals surface area contributed by atoms with Gasteiger partial charge in [0, 0.05) is 67.5 Å². The average molecular weight is 475 g/mol. The largest absolute Gasteiger partial charge is 0.352 e. The molecule has 2 aromatic heterocycles. The highest BCUT2D eigenvalue weighted by Gasteiger charge is 2.22. The first-order valence-electron chi connectivity index (χ1n) is 11.4. The highest BCUT2D eigenvalue weighted by atomic mass is 19.2. The molecule has 1 amide bonds. The van der Waals surface area contributed by atoms with Crippen molar-refractivity contribution in [3.8, 4) is 0 Å². The Balaban J connectivity index is 1.24. The van der Waals surface area contributed by atoms with E-state index in [9.17, 15) is 13.6 Å². The van der Waals surface area contributed by atoms with E-state index in [0.717, 1.165) is 40.0 Å². The van der Waals surface area contributed by atoms with Crippen molar-refractivity contribution in [1.29, 1.82) is 0 Å². The second kappa shape index (κ2) is 10.1. The number of benzene rings is 2. The Bertz CT molecular complexity index is 1340. The van der Waals surface area contributed by atoms with E-state index < -0.39 is 11.6 Å². The summed E-state index contributed by atoms with van der Waals surface area (Å²) in [6.07, 6.45) is 4.23. The Morgan fingerprint density at radius 2 is 1.63 bits per heavy atom. The quantitative estimate of drug-likeness (QED) is 0.460. The number of nitrogens with zero attached hydrogens (tertiary/aromatic N) is 5. The monoisotopic (exact) mass is 474 g/mol. The molecule has 0 unspecified atom stereocenters. The van der Waals surface area contributed by atoms with Gasteiger partial charge in [-0.2, -0.15) is 5.10 Å². The van der Waals surface area contributed by atoms with Gasteiger partial charge in [0.25, 0.3) is 0 Å². The third-order valence-electron chi connectivity index (χ3n) is 6.11. The summed E-state index contributed by atoms with van der Waals surface area (Å²) in [7, 11) is 0. The molecule has 4 aromatic rings. The molecule has 3 heterocycles. The molecule has 0 saturated carbocycles. The molecule has 0 aliphatic carbocycles. The van der Waals surface area contributed by atoms with Crippen LogP contribution in [0.4, 0.5) is 20.3 Å². The van der Waals surface area contributed by atoms with Crippen LogP contribution in [0.3, 0.4) is 0 Å². The summed E-state index contributed by atoms with van der Waals surface area (Å²) in [6.45, 7) is 2.89. The molecule has 9 heteroatoms. The van der Waals surface area contributed by atoms with Crippen molar-refractivity contribution in [2.45, 2.75) is 6.42 Å². The maximum atomic E-state index is 13.4.